The number of halogens is 5. The summed E-state index contributed by atoms with van der Waals surface area (Å²) in [4.78, 5) is 13.3. The van der Waals surface area contributed by atoms with E-state index in [0.717, 1.165) is 19.1 Å². The molecule has 0 unspecified atom stereocenters. The van der Waals surface area contributed by atoms with Crippen LogP contribution < -0.4 is 4.74 Å². The molecule has 1 aliphatic rings. The topological polar surface area (TPSA) is 63.2 Å². The largest absolute Gasteiger partial charge is 0.488 e. The zero-order chi connectivity index (χ0) is 33.4. The van der Waals surface area contributed by atoms with Crippen LogP contribution >= 0.6 is 0 Å². The van der Waals surface area contributed by atoms with Gasteiger partial charge in [0.15, 0.2) is 39.9 Å². The minimum atomic E-state index is -4.87. The first-order valence-corrected chi connectivity index (χ1v) is 20.4. The van der Waals surface area contributed by atoms with E-state index in [2.05, 4.69) is 0 Å². The maximum Gasteiger partial charge on any atom is 0.417 e. The van der Waals surface area contributed by atoms with Gasteiger partial charge in [-0.25, -0.2) is 9.18 Å². The summed E-state index contributed by atoms with van der Waals surface area (Å²) in [6, 6.07) is 1.94. The number of alkyl halides is 3. The number of hydrogen-bond acceptors (Lipinski definition) is 6. The van der Waals surface area contributed by atoms with Crippen molar-refractivity contribution in [3.63, 3.8) is 0 Å². The summed E-state index contributed by atoms with van der Waals surface area (Å²) in [5.74, 6) is -6.98. The Labute approximate surface area is 255 Å². The lowest BCUT2D eigenvalue weighted by Crippen LogP contribution is -2.47. The number of benzene rings is 1. The maximum atomic E-state index is 15.2. The highest BCUT2D eigenvalue weighted by Gasteiger charge is 2.66. The zero-order valence-electron chi connectivity index (χ0n) is 27.6. The molecule has 13 heteroatoms. The molecule has 0 spiro atoms. The van der Waals surface area contributed by atoms with Crippen LogP contribution in [0.15, 0.2) is 12.1 Å². The van der Waals surface area contributed by atoms with Crippen molar-refractivity contribution in [2.75, 3.05) is 26.4 Å². The average Bonchev–Trinajstić information content (AvgIpc) is 3.12. The second-order valence-electron chi connectivity index (χ2n) is 14.5. The normalized spacial score (nSPS) is 23.9. The Balaban J connectivity index is 2.37. The third-order valence-corrected chi connectivity index (χ3v) is 18.6. The van der Waals surface area contributed by atoms with Crippen molar-refractivity contribution in [2.45, 2.75) is 115 Å². The summed E-state index contributed by atoms with van der Waals surface area (Å²) < 4.78 is 101. The Morgan fingerprint density at radius 2 is 1.37 bits per heavy atom. The van der Waals surface area contributed by atoms with Gasteiger partial charge in [0.25, 0.3) is 0 Å². The molecule has 248 valence electrons. The number of rotatable bonds is 11. The molecule has 1 aliphatic heterocycles. The van der Waals surface area contributed by atoms with E-state index in [1.165, 1.54) is 6.92 Å². The van der Waals surface area contributed by atoms with Crippen LogP contribution in [0.3, 0.4) is 0 Å². The Kier molecular flexibility index (Phi) is 11.4. The van der Waals surface area contributed by atoms with Crippen molar-refractivity contribution in [1.82, 2.24) is 0 Å². The Hall–Kier alpha value is -1.55. The fourth-order valence-corrected chi connectivity index (χ4v) is 6.41. The lowest BCUT2D eigenvalue weighted by molar-refractivity contribution is -0.274. The summed E-state index contributed by atoms with van der Waals surface area (Å²) in [6.07, 6.45) is -6.63. The second-order valence-corrected chi connectivity index (χ2v) is 24.1. The first kappa shape index (κ1) is 37.6. The summed E-state index contributed by atoms with van der Waals surface area (Å²) in [5.41, 5.74) is -2.89. The van der Waals surface area contributed by atoms with Crippen LogP contribution in [0.1, 0.15) is 66.9 Å². The smallest absolute Gasteiger partial charge is 0.417 e. The van der Waals surface area contributed by atoms with Gasteiger partial charge in [0.2, 0.25) is 5.82 Å². The van der Waals surface area contributed by atoms with E-state index in [1.54, 1.807) is 0 Å². The van der Waals surface area contributed by atoms with Gasteiger partial charge in [0.05, 0.1) is 13.2 Å². The number of ether oxygens (including phenoxy) is 3. The Bertz CT molecular complexity index is 1130. The predicted molar refractivity (Wildman–Crippen MR) is 160 cm³/mol. The van der Waals surface area contributed by atoms with Gasteiger partial charge in [-0.05, 0) is 49.3 Å². The minimum Gasteiger partial charge on any atom is -0.488 e. The Morgan fingerprint density at radius 3 is 1.84 bits per heavy atom. The molecule has 1 saturated heterocycles. The molecule has 0 bridgehead atoms. The summed E-state index contributed by atoms with van der Waals surface area (Å²) in [7, 11) is -4.35. The quantitative estimate of drug-likeness (QED) is 0.103. The van der Waals surface area contributed by atoms with Crippen molar-refractivity contribution < 1.29 is 49.8 Å². The van der Waals surface area contributed by atoms with E-state index in [4.69, 9.17) is 23.1 Å². The molecule has 0 radical (unpaired) electrons. The standard InChI is InChI=1S/C30H49F5O6Si2/c1-19-22(20-13-14-21(31)23(32)24(20)37-15-17-39-42(9,10)27(2,3)4)25(41-29(19,8)30(33,34)35)26(36)38-16-18-40-43(11,12)28(5,6)7/h13-14,19,22,25H,15-18H2,1-12H3/t19-,22-,25+,29+/m0/s1. The number of hydrogen-bond donors (Lipinski definition) is 0. The highest BCUT2D eigenvalue weighted by Crippen LogP contribution is 2.55. The molecule has 0 aliphatic carbocycles. The van der Waals surface area contributed by atoms with Crippen LogP contribution in [0.4, 0.5) is 22.0 Å². The molecule has 1 fully saturated rings. The molecular formula is C30H49F5O6Si2. The van der Waals surface area contributed by atoms with Crippen LogP contribution in [0.2, 0.25) is 36.3 Å². The van der Waals surface area contributed by atoms with Crippen molar-refractivity contribution in [2.24, 2.45) is 5.92 Å². The molecule has 0 amide bonds. The zero-order valence-corrected chi connectivity index (χ0v) is 29.6. The molecule has 1 aromatic carbocycles. The highest BCUT2D eigenvalue weighted by molar-refractivity contribution is 6.74. The third-order valence-electron chi connectivity index (χ3n) is 9.54. The van der Waals surface area contributed by atoms with Crippen molar-refractivity contribution in [3.8, 4) is 5.75 Å². The molecule has 0 aromatic heterocycles. The summed E-state index contributed by atoms with van der Waals surface area (Å²) in [5, 5.41) is -0.205. The van der Waals surface area contributed by atoms with Crippen molar-refractivity contribution in [3.05, 3.63) is 29.3 Å². The first-order valence-electron chi connectivity index (χ1n) is 14.6. The van der Waals surface area contributed by atoms with E-state index in [-0.39, 0.29) is 42.1 Å². The van der Waals surface area contributed by atoms with Gasteiger partial charge in [-0.3, -0.25) is 0 Å². The highest BCUT2D eigenvalue weighted by atomic mass is 28.4. The fraction of sp³-hybridized carbons (Fsp3) is 0.767. The van der Waals surface area contributed by atoms with Crippen LogP contribution in [0, 0.1) is 17.6 Å². The van der Waals surface area contributed by atoms with Crippen molar-refractivity contribution >= 4 is 22.6 Å². The van der Waals surface area contributed by atoms with Crippen LogP contribution in [-0.2, 0) is 23.1 Å². The number of carbonyl (C=O) groups is 1. The number of esters is 1. The summed E-state index contributed by atoms with van der Waals surface area (Å²) in [6.45, 7) is 22.2. The van der Waals surface area contributed by atoms with Crippen LogP contribution in [-0.4, -0.2) is 66.9 Å². The van der Waals surface area contributed by atoms with Crippen LogP contribution in [0.25, 0.3) is 0 Å². The molecule has 1 heterocycles. The SMILES string of the molecule is C[C@H]1[C@@H](c2ccc(F)c(F)c2OCCO[Si](C)(C)C(C)(C)C)[C@H](C(=O)OCCO[Si](C)(C)C(C)(C)C)O[C@@]1(C)C(F)(F)F. The lowest BCUT2D eigenvalue weighted by Gasteiger charge is -2.36. The first-order chi connectivity index (χ1) is 19.3. The molecule has 2 rings (SSSR count). The van der Waals surface area contributed by atoms with Gasteiger partial charge in [-0.1, -0.05) is 54.5 Å². The van der Waals surface area contributed by atoms with Gasteiger partial charge < -0.3 is 23.1 Å². The molecule has 0 N–H and O–H groups in total. The monoisotopic (exact) mass is 656 g/mol. The lowest BCUT2D eigenvalue weighted by atomic mass is 9.77. The molecule has 0 saturated carbocycles. The molecule has 4 atom stereocenters. The molecule has 1 aromatic rings. The second kappa shape index (κ2) is 13.1. The van der Waals surface area contributed by atoms with Gasteiger partial charge in [0.1, 0.15) is 13.2 Å². The van der Waals surface area contributed by atoms with E-state index in [0.29, 0.717) is 0 Å². The predicted octanol–water partition coefficient (Wildman–Crippen LogP) is 8.37. The third kappa shape index (κ3) is 8.19. The van der Waals surface area contributed by atoms with Gasteiger partial charge >= 0.3 is 12.1 Å². The van der Waals surface area contributed by atoms with E-state index >= 15 is 4.39 Å². The minimum absolute atomic E-state index is 0.0550. The van der Waals surface area contributed by atoms with Crippen LogP contribution in [0.5, 0.6) is 5.75 Å². The summed E-state index contributed by atoms with van der Waals surface area (Å²) >= 11 is 0. The van der Waals surface area contributed by atoms with Gasteiger partial charge in [-0.2, -0.15) is 17.6 Å². The van der Waals surface area contributed by atoms with Crippen molar-refractivity contribution in [1.29, 1.82) is 0 Å². The molecule has 43 heavy (non-hydrogen) atoms. The fourth-order valence-electron chi connectivity index (χ4n) is 4.35. The van der Waals surface area contributed by atoms with E-state index in [1.807, 2.05) is 67.7 Å². The van der Waals surface area contributed by atoms with Gasteiger partial charge in [0, 0.05) is 17.4 Å². The molecule has 6 nitrogen and oxygen atoms in total. The average molecular weight is 657 g/mol. The van der Waals surface area contributed by atoms with E-state index < -0.39 is 69.7 Å². The Morgan fingerprint density at radius 1 is 0.884 bits per heavy atom. The van der Waals surface area contributed by atoms with Gasteiger partial charge in [-0.15, -0.1) is 0 Å². The number of carbonyl (C=O) groups excluding carboxylic acids is 1. The molecular weight excluding hydrogens is 607 g/mol. The van der Waals surface area contributed by atoms with E-state index in [9.17, 15) is 22.4 Å². The maximum absolute atomic E-state index is 15.2.